The Balaban J connectivity index is 1.31. The van der Waals surface area contributed by atoms with Crippen LogP contribution in [0.2, 0.25) is 0 Å². The molecule has 2 aromatic rings. The minimum absolute atomic E-state index is 0.124. The van der Waals surface area contributed by atoms with Gasteiger partial charge in [-0.3, -0.25) is 4.79 Å². The molecule has 0 radical (unpaired) electrons. The SMILES string of the molecule is CC(C)c1ccc(OCc2ccc(C(=O)NC3CN4CCC3CC4)o2)cc1. The summed E-state index contributed by atoms with van der Waals surface area (Å²) >= 11 is 0. The van der Waals surface area contributed by atoms with Crippen molar-refractivity contribution in [2.45, 2.75) is 45.3 Å². The van der Waals surface area contributed by atoms with Gasteiger partial charge in [-0.15, -0.1) is 0 Å². The van der Waals surface area contributed by atoms with E-state index in [0.717, 1.165) is 25.4 Å². The number of nitrogens with zero attached hydrogens (tertiary/aromatic N) is 1. The molecule has 2 bridgehead atoms. The summed E-state index contributed by atoms with van der Waals surface area (Å²) in [5, 5.41) is 3.16. The molecule has 0 aliphatic carbocycles. The van der Waals surface area contributed by atoms with Crippen molar-refractivity contribution in [2.75, 3.05) is 19.6 Å². The zero-order valence-electron chi connectivity index (χ0n) is 16.1. The number of carbonyl (C=O) groups is 1. The van der Waals surface area contributed by atoms with E-state index < -0.39 is 0 Å². The van der Waals surface area contributed by atoms with Crippen LogP contribution in [0.4, 0.5) is 0 Å². The van der Waals surface area contributed by atoms with E-state index in [9.17, 15) is 4.79 Å². The first-order valence-electron chi connectivity index (χ1n) is 9.93. The van der Waals surface area contributed by atoms with E-state index in [1.165, 1.54) is 18.4 Å². The highest BCUT2D eigenvalue weighted by Gasteiger charge is 2.35. The van der Waals surface area contributed by atoms with Crippen molar-refractivity contribution >= 4 is 5.91 Å². The van der Waals surface area contributed by atoms with Gasteiger partial charge in [-0.25, -0.2) is 0 Å². The van der Waals surface area contributed by atoms with Crippen molar-refractivity contribution in [3.05, 3.63) is 53.5 Å². The first-order chi connectivity index (χ1) is 13.1. The Morgan fingerprint density at radius 1 is 1.19 bits per heavy atom. The number of benzene rings is 1. The Morgan fingerprint density at radius 3 is 2.56 bits per heavy atom. The predicted molar refractivity (Wildman–Crippen MR) is 104 cm³/mol. The molecule has 5 rings (SSSR count). The maximum absolute atomic E-state index is 12.5. The number of hydrogen-bond acceptors (Lipinski definition) is 4. The van der Waals surface area contributed by atoms with Gasteiger partial charge in [-0.1, -0.05) is 26.0 Å². The molecule has 3 aliphatic rings. The van der Waals surface area contributed by atoms with Crippen molar-refractivity contribution in [3.63, 3.8) is 0 Å². The van der Waals surface area contributed by atoms with Crippen LogP contribution in [0.3, 0.4) is 0 Å². The lowest BCUT2D eigenvalue weighted by Crippen LogP contribution is -2.57. The van der Waals surface area contributed by atoms with Crippen LogP contribution in [0.25, 0.3) is 0 Å². The van der Waals surface area contributed by atoms with E-state index in [0.29, 0.717) is 30.0 Å². The summed E-state index contributed by atoms with van der Waals surface area (Å²) in [5.41, 5.74) is 1.28. The van der Waals surface area contributed by atoms with Gasteiger partial charge in [0.25, 0.3) is 5.91 Å². The molecule has 1 unspecified atom stereocenters. The second kappa shape index (κ2) is 7.77. The monoisotopic (exact) mass is 368 g/mol. The molecule has 4 heterocycles. The van der Waals surface area contributed by atoms with Gasteiger partial charge < -0.3 is 19.4 Å². The molecule has 5 heteroatoms. The number of hydrogen-bond donors (Lipinski definition) is 1. The van der Waals surface area contributed by atoms with Gasteiger partial charge in [0.2, 0.25) is 0 Å². The molecule has 1 aromatic heterocycles. The molecule has 3 aliphatic heterocycles. The van der Waals surface area contributed by atoms with Crippen LogP contribution in [-0.2, 0) is 6.61 Å². The Labute approximate surface area is 160 Å². The second-order valence-corrected chi connectivity index (χ2v) is 8.00. The normalized spacial score (nSPS) is 24.2. The molecule has 0 saturated carbocycles. The number of amides is 1. The van der Waals surface area contributed by atoms with Crippen molar-refractivity contribution in [1.29, 1.82) is 0 Å². The molecule has 5 nitrogen and oxygen atoms in total. The van der Waals surface area contributed by atoms with Crippen LogP contribution in [-0.4, -0.2) is 36.5 Å². The lowest BCUT2D eigenvalue weighted by Gasteiger charge is -2.44. The number of fused-ring (bicyclic) bond motifs is 3. The fraction of sp³-hybridized carbons (Fsp3) is 0.500. The van der Waals surface area contributed by atoms with E-state index in [-0.39, 0.29) is 11.9 Å². The second-order valence-electron chi connectivity index (χ2n) is 8.00. The molecule has 0 spiro atoms. The predicted octanol–water partition coefficient (Wildman–Crippen LogP) is 3.81. The van der Waals surface area contributed by atoms with Gasteiger partial charge in [0.05, 0.1) is 0 Å². The smallest absolute Gasteiger partial charge is 0.287 e. The van der Waals surface area contributed by atoms with Gasteiger partial charge in [0.1, 0.15) is 18.1 Å². The highest BCUT2D eigenvalue weighted by atomic mass is 16.5. The Kier molecular flexibility index (Phi) is 5.21. The summed E-state index contributed by atoms with van der Waals surface area (Å²) in [7, 11) is 0. The summed E-state index contributed by atoms with van der Waals surface area (Å²) < 4.78 is 11.5. The number of rotatable bonds is 6. The molecule has 3 fully saturated rings. The van der Waals surface area contributed by atoms with Gasteiger partial charge in [-0.05, 0) is 67.6 Å². The first kappa shape index (κ1) is 18.1. The number of furan rings is 1. The van der Waals surface area contributed by atoms with Crippen LogP contribution in [0.15, 0.2) is 40.8 Å². The summed E-state index contributed by atoms with van der Waals surface area (Å²) in [6.45, 7) is 7.94. The molecule has 144 valence electrons. The van der Waals surface area contributed by atoms with E-state index >= 15 is 0 Å². The maximum Gasteiger partial charge on any atom is 0.287 e. The van der Waals surface area contributed by atoms with Crippen molar-refractivity contribution in [3.8, 4) is 5.75 Å². The first-order valence-corrected chi connectivity index (χ1v) is 9.93. The van der Waals surface area contributed by atoms with Crippen LogP contribution in [0.1, 0.15) is 54.5 Å². The molecule has 1 aromatic carbocycles. The maximum atomic E-state index is 12.5. The van der Waals surface area contributed by atoms with Gasteiger partial charge >= 0.3 is 0 Å². The van der Waals surface area contributed by atoms with Crippen LogP contribution in [0, 0.1) is 5.92 Å². The van der Waals surface area contributed by atoms with E-state index in [2.05, 4.69) is 36.2 Å². The lowest BCUT2D eigenvalue weighted by atomic mass is 9.84. The molecular formula is C22H28N2O3. The van der Waals surface area contributed by atoms with Crippen molar-refractivity contribution in [1.82, 2.24) is 10.2 Å². The lowest BCUT2D eigenvalue weighted by molar-refractivity contribution is 0.0604. The molecule has 1 N–H and O–H groups in total. The number of ether oxygens (including phenoxy) is 1. The molecule has 1 amide bonds. The summed E-state index contributed by atoms with van der Waals surface area (Å²) in [5.74, 6) is 2.80. The molecular weight excluding hydrogens is 340 g/mol. The summed E-state index contributed by atoms with van der Waals surface area (Å²) in [4.78, 5) is 14.9. The fourth-order valence-electron chi connectivity index (χ4n) is 4.05. The van der Waals surface area contributed by atoms with E-state index in [1.54, 1.807) is 6.07 Å². The Morgan fingerprint density at radius 2 is 1.93 bits per heavy atom. The number of nitrogens with one attached hydrogen (secondary N) is 1. The number of piperidine rings is 3. The highest BCUT2D eigenvalue weighted by molar-refractivity contribution is 5.91. The fourth-order valence-corrected chi connectivity index (χ4v) is 4.05. The standard InChI is InChI=1S/C22H28N2O3/c1-15(2)16-3-5-18(6-4-16)26-14-19-7-8-21(27-19)22(25)23-20-13-24-11-9-17(20)10-12-24/h3-8,15,17,20H,9-14H2,1-2H3,(H,23,25). The minimum atomic E-state index is -0.124. The molecule has 27 heavy (non-hydrogen) atoms. The third-order valence-corrected chi connectivity index (χ3v) is 5.79. The Hall–Kier alpha value is -2.27. The van der Waals surface area contributed by atoms with Crippen LogP contribution >= 0.6 is 0 Å². The van der Waals surface area contributed by atoms with Crippen LogP contribution < -0.4 is 10.1 Å². The van der Waals surface area contributed by atoms with Crippen molar-refractivity contribution in [2.24, 2.45) is 5.92 Å². The van der Waals surface area contributed by atoms with Crippen LogP contribution in [0.5, 0.6) is 5.75 Å². The topological polar surface area (TPSA) is 54.7 Å². The van der Waals surface area contributed by atoms with E-state index in [1.807, 2.05) is 18.2 Å². The van der Waals surface area contributed by atoms with Gasteiger partial charge in [0, 0.05) is 12.6 Å². The average Bonchev–Trinajstić information content (AvgIpc) is 3.17. The summed E-state index contributed by atoms with van der Waals surface area (Å²) in [6, 6.07) is 11.9. The molecule has 3 saturated heterocycles. The largest absolute Gasteiger partial charge is 0.486 e. The Bertz CT molecular complexity index is 773. The van der Waals surface area contributed by atoms with Gasteiger partial charge in [-0.2, -0.15) is 0 Å². The van der Waals surface area contributed by atoms with Crippen molar-refractivity contribution < 1.29 is 13.9 Å². The average molecular weight is 368 g/mol. The van der Waals surface area contributed by atoms with Gasteiger partial charge in [0.15, 0.2) is 5.76 Å². The number of carbonyl (C=O) groups excluding carboxylic acids is 1. The van der Waals surface area contributed by atoms with E-state index in [4.69, 9.17) is 9.15 Å². The summed E-state index contributed by atoms with van der Waals surface area (Å²) in [6.07, 6.45) is 2.36. The zero-order chi connectivity index (χ0) is 18.8. The third-order valence-electron chi connectivity index (χ3n) is 5.79. The highest BCUT2D eigenvalue weighted by Crippen LogP contribution is 2.27. The third kappa shape index (κ3) is 4.19. The quantitative estimate of drug-likeness (QED) is 0.842. The molecule has 1 atom stereocenters. The minimum Gasteiger partial charge on any atom is -0.486 e. The zero-order valence-corrected chi connectivity index (χ0v) is 16.1.